The lowest BCUT2D eigenvalue weighted by Gasteiger charge is -2.16. The minimum absolute atomic E-state index is 0.0140. The van der Waals surface area contributed by atoms with Crippen LogP contribution in [0.2, 0.25) is 0 Å². The van der Waals surface area contributed by atoms with Gasteiger partial charge in [0.15, 0.2) is 0 Å². The Morgan fingerprint density at radius 2 is 2.07 bits per heavy atom. The normalized spacial score (nSPS) is 27.5. The minimum atomic E-state index is -0.564. The molecule has 0 aromatic heterocycles. The molecular weight excluding hydrogens is 338 g/mol. The lowest BCUT2D eigenvalue weighted by molar-refractivity contribution is -0.128. The number of rotatable bonds is 9. The number of hydrogen-bond acceptors (Lipinski definition) is 3. The van der Waals surface area contributed by atoms with Gasteiger partial charge in [-0.3, -0.25) is 4.79 Å². The molecule has 0 bridgehead atoms. The second kappa shape index (κ2) is 10.9. The zero-order valence-corrected chi connectivity index (χ0v) is 17.3. The van der Waals surface area contributed by atoms with Crippen LogP contribution in [-0.4, -0.2) is 47.3 Å². The van der Waals surface area contributed by atoms with Crippen molar-refractivity contribution in [1.82, 2.24) is 4.90 Å². The fraction of sp³-hybridized carbons (Fsp3) is 0.783. The molecule has 0 unspecified atom stereocenters. The molecule has 2 rings (SSSR count). The SMILES string of the molecule is CCCCC[C@@H](O)C#C[C@@H]1[C@H]2CC(CCCCC(=O)N(C)C)=C[C@H]2C[C@H]1O. The van der Waals surface area contributed by atoms with Crippen molar-refractivity contribution < 1.29 is 15.0 Å². The summed E-state index contributed by atoms with van der Waals surface area (Å²) in [5.74, 6) is 7.21. The third-order valence-corrected chi connectivity index (χ3v) is 6.02. The standard InChI is InChI=1S/C23H37NO3/c1-4-5-6-10-19(25)12-13-20-21-15-17(14-18(21)16-22(20)26)9-7-8-11-23(27)24(2)3/h14,18-22,25-26H,4-11,15-16H2,1-3H3/t18-,19+,20+,21-,22+/m0/s1. The van der Waals surface area contributed by atoms with E-state index in [9.17, 15) is 15.0 Å². The molecule has 1 fully saturated rings. The van der Waals surface area contributed by atoms with Gasteiger partial charge in [0.2, 0.25) is 5.91 Å². The number of carbonyl (C=O) groups excluding carboxylic acids is 1. The van der Waals surface area contributed by atoms with E-state index in [0.717, 1.165) is 57.8 Å². The second-order valence-corrected chi connectivity index (χ2v) is 8.48. The first-order valence-corrected chi connectivity index (χ1v) is 10.7. The van der Waals surface area contributed by atoms with Crippen LogP contribution < -0.4 is 0 Å². The van der Waals surface area contributed by atoms with Crippen molar-refractivity contribution in [3.05, 3.63) is 11.6 Å². The highest BCUT2D eigenvalue weighted by atomic mass is 16.3. The van der Waals surface area contributed by atoms with Gasteiger partial charge < -0.3 is 15.1 Å². The lowest BCUT2D eigenvalue weighted by atomic mass is 9.89. The van der Waals surface area contributed by atoms with Crippen LogP contribution in [-0.2, 0) is 4.79 Å². The summed E-state index contributed by atoms with van der Waals surface area (Å²) in [4.78, 5) is 13.3. The highest BCUT2D eigenvalue weighted by Gasteiger charge is 2.43. The molecule has 1 saturated carbocycles. The summed E-state index contributed by atoms with van der Waals surface area (Å²) in [5.41, 5.74) is 1.46. The highest BCUT2D eigenvalue weighted by molar-refractivity contribution is 5.75. The summed E-state index contributed by atoms with van der Waals surface area (Å²) >= 11 is 0. The maximum absolute atomic E-state index is 11.6. The number of unbranched alkanes of at least 4 members (excludes halogenated alkanes) is 3. The first kappa shape index (κ1) is 22.0. The Hall–Kier alpha value is -1.31. The van der Waals surface area contributed by atoms with Gasteiger partial charge in [-0.25, -0.2) is 0 Å². The molecule has 2 aliphatic carbocycles. The third kappa shape index (κ3) is 6.66. The predicted molar refractivity (Wildman–Crippen MR) is 109 cm³/mol. The second-order valence-electron chi connectivity index (χ2n) is 8.48. The third-order valence-electron chi connectivity index (χ3n) is 6.02. The number of aliphatic hydroxyl groups excluding tert-OH is 2. The Labute approximate surface area is 165 Å². The smallest absolute Gasteiger partial charge is 0.222 e. The van der Waals surface area contributed by atoms with Gasteiger partial charge in [-0.1, -0.05) is 43.3 Å². The molecule has 2 aliphatic rings. The molecule has 0 aliphatic heterocycles. The van der Waals surface area contributed by atoms with E-state index in [1.54, 1.807) is 19.0 Å². The van der Waals surface area contributed by atoms with E-state index >= 15 is 0 Å². The van der Waals surface area contributed by atoms with Crippen molar-refractivity contribution in [3.63, 3.8) is 0 Å². The first-order chi connectivity index (χ1) is 12.9. The van der Waals surface area contributed by atoms with Crippen LogP contribution in [0.3, 0.4) is 0 Å². The number of fused-ring (bicyclic) bond motifs is 1. The zero-order chi connectivity index (χ0) is 19.8. The van der Waals surface area contributed by atoms with Gasteiger partial charge in [-0.15, -0.1) is 0 Å². The van der Waals surface area contributed by atoms with Crippen molar-refractivity contribution in [2.24, 2.45) is 17.8 Å². The molecule has 1 amide bonds. The van der Waals surface area contributed by atoms with Gasteiger partial charge >= 0.3 is 0 Å². The average molecular weight is 376 g/mol. The summed E-state index contributed by atoms with van der Waals surface area (Å²) in [6, 6.07) is 0. The summed E-state index contributed by atoms with van der Waals surface area (Å²) in [5, 5.41) is 20.4. The number of carbonyl (C=O) groups is 1. The van der Waals surface area contributed by atoms with Crippen molar-refractivity contribution in [1.29, 1.82) is 0 Å². The number of nitrogens with zero attached hydrogens (tertiary/aromatic N) is 1. The summed E-state index contributed by atoms with van der Waals surface area (Å²) in [7, 11) is 3.60. The van der Waals surface area contributed by atoms with E-state index < -0.39 is 6.10 Å². The molecule has 5 atom stereocenters. The van der Waals surface area contributed by atoms with E-state index in [4.69, 9.17) is 0 Å². The number of allylic oxidation sites excluding steroid dienone is 2. The predicted octanol–water partition coefficient (Wildman–Crippen LogP) is 3.52. The quantitative estimate of drug-likeness (QED) is 0.368. The fourth-order valence-corrected chi connectivity index (χ4v) is 4.39. The molecule has 4 heteroatoms. The lowest BCUT2D eigenvalue weighted by Crippen LogP contribution is -2.21. The van der Waals surface area contributed by atoms with E-state index in [2.05, 4.69) is 24.8 Å². The molecule has 27 heavy (non-hydrogen) atoms. The molecule has 152 valence electrons. The highest BCUT2D eigenvalue weighted by Crippen LogP contribution is 2.47. The van der Waals surface area contributed by atoms with Crippen LogP contribution in [0.4, 0.5) is 0 Å². The fourth-order valence-electron chi connectivity index (χ4n) is 4.39. The molecule has 0 heterocycles. The van der Waals surface area contributed by atoms with Crippen LogP contribution in [0, 0.1) is 29.6 Å². The maximum Gasteiger partial charge on any atom is 0.222 e. The molecule has 2 N–H and O–H groups in total. The van der Waals surface area contributed by atoms with Crippen LogP contribution in [0.15, 0.2) is 11.6 Å². The Kier molecular flexibility index (Phi) is 8.86. The van der Waals surface area contributed by atoms with Gasteiger partial charge in [-0.05, 0) is 56.8 Å². The van der Waals surface area contributed by atoms with Crippen molar-refractivity contribution in [3.8, 4) is 11.8 Å². The van der Waals surface area contributed by atoms with Gasteiger partial charge in [-0.2, -0.15) is 0 Å². The Morgan fingerprint density at radius 1 is 1.30 bits per heavy atom. The van der Waals surface area contributed by atoms with Crippen molar-refractivity contribution >= 4 is 5.91 Å². The van der Waals surface area contributed by atoms with Crippen molar-refractivity contribution in [2.45, 2.75) is 83.3 Å². The van der Waals surface area contributed by atoms with E-state index in [-0.39, 0.29) is 17.9 Å². The first-order valence-electron chi connectivity index (χ1n) is 10.7. The molecule has 0 spiro atoms. The van der Waals surface area contributed by atoms with Gasteiger partial charge in [0.25, 0.3) is 0 Å². The Bertz CT molecular complexity index is 572. The molecule has 4 nitrogen and oxygen atoms in total. The monoisotopic (exact) mass is 375 g/mol. The minimum Gasteiger partial charge on any atom is -0.392 e. The summed E-state index contributed by atoms with van der Waals surface area (Å²) in [6.07, 6.45) is 10.9. The van der Waals surface area contributed by atoms with Crippen LogP contribution in [0.1, 0.15) is 71.1 Å². The molecule has 0 radical (unpaired) electrons. The summed E-state index contributed by atoms with van der Waals surface area (Å²) < 4.78 is 0. The van der Waals surface area contributed by atoms with Crippen LogP contribution in [0.25, 0.3) is 0 Å². The van der Waals surface area contributed by atoms with Gasteiger partial charge in [0.1, 0.15) is 6.10 Å². The molecule has 0 saturated heterocycles. The molecular formula is C23H37NO3. The largest absolute Gasteiger partial charge is 0.392 e. The maximum atomic E-state index is 11.6. The van der Waals surface area contributed by atoms with E-state index in [1.165, 1.54) is 5.57 Å². The molecule has 0 aromatic rings. The van der Waals surface area contributed by atoms with Gasteiger partial charge in [0.05, 0.1) is 12.0 Å². The average Bonchev–Trinajstić information content (AvgIpc) is 3.13. The van der Waals surface area contributed by atoms with E-state index in [0.29, 0.717) is 18.3 Å². The van der Waals surface area contributed by atoms with E-state index in [1.807, 2.05) is 0 Å². The number of hydrogen-bond donors (Lipinski definition) is 2. The summed E-state index contributed by atoms with van der Waals surface area (Å²) in [6.45, 7) is 2.15. The Balaban J connectivity index is 1.78. The topological polar surface area (TPSA) is 60.8 Å². The zero-order valence-electron chi connectivity index (χ0n) is 17.3. The number of amides is 1. The molecule has 0 aromatic carbocycles. The Morgan fingerprint density at radius 3 is 2.78 bits per heavy atom. The van der Waals surface area contributed by atoms with Crippen molar-refractivity contribution in [2.75, 3.05) is 14.1 Å². The van der Waals surface area contributed by atoms with Crippen LogP contribution >= 0.6 is 0 Å². The number of aliphatic hydroxyl groups is 2. The van der Waals surface area contributed by atoms with Crippen LogP contribution in [0.5, 0.6) is 0 Å². The van der Waals surface area contributed by atoms with Gasteiger partial charge in [0, 0.05) is 20.5 Å².